The predicted molar refractivity (Wildman–Crippen MR) is 163 cm³/mol. The maximum atomic E-state index is 14.8. The lowest BCUT2D eigenvalue weighted by Gasteiger charge is -2.44. The number of hydrogen-bond donors (Lipinski definition) is 4. The molecule has 12 nitrogen and oxygen atoms in total. The molecule has 0 fully saturated rings. The normalized spacial score (nSPS) is 22.2. The van der Waals surface area contributed by atoms with Gasteiger partial charge in [0.25, 0.3) is 10.0 Å². The fourth-order valence-corrected chi connectivity index (χ4v) is 7.28. The van der Waals surface area contributed by atoms with Gasteiger partial charge < -0.3 is 10.3 Å². The van der Waals surface area contributed by atoms with Crippen LogP contribution in [0.4, 0.5) is 11.4 Å². The Morgan fingerprint density at radius 1 is 1.12 bits per heavy atom. The Hall–Kier alpha value is -3.88. The number of imidazole rings is 1. The van der Waals surface area contributed by atoms with E-state index in [1.165, 1.54) is 12.1 Å². The standard InChI is InChI=1S/C29H34N6O6S2/c1-17(26-30-14-15-31-26)33-29(13-12-28(2,3)4)20-9-7-6-8-19(20)24(36)23(25(29)37)27-32-21-11-10-18(34-42(5,38)39)16-22(21)43(40,41)35-27/h6-11,14-17,23,33-34H,12-13H2,1-5H3,(H,30,31)(H,32,35). The van der Waals surface area contributed by atoms with Gasteiger partial charge in [-0.25, -0.2) is 13.4 Å². The number of rotatable bonds is 8. The van der Waals surface area contributed by atoms with Crippen molar-refractivity contribution in [2.75, 3.05) is 16.3 Å². The van der Waals surface area contributed by atoms with Crippen molar-refractivity contribution in [1.82, 2.24) is 15.3 Å². The maximum absolute atomic E-state index is 14.8. The second kappa shape index (κ2) is 10.7. The summed E-state index contributed by atoms with van der Waals surface area (Å²) in [6, 6.07) is 10.3. The van der Waals surface area contributed by atoms with E-state index in [0.29, 0.717) is 29.8 Å². The minimum absolute atomic E-state index is 0.0290. The topological polar surface area (TPSA) is 180 Å². The maximum Gasteiger partial charge on any atom is 0.286 e. The highest BCUT2D eigenvalue weighted by Gasteiger charge is 2.55. The lowest BCUT2D eigenvalue weighted by atomic mass is 9.65. The van der Waals surface area contributed by atoms with E-state index in [4.69, 9.17) is 0 Å². The molecule has 0 radical (unpaired) electrons. The molecule has 2 aliphatic rings. The molecular weight excluding hydrogens is 592 g/mol. The van der Waals surface area contributed by atoms with E-state index in [1.54, 1.807) is 36.7 Å². The van der Waals surface area contributed by atoms with Crippen LogP contribution >= 0.6 is 0 Å². The number of hydrogen-bond acceptors (Lipinski definition) is 9. The summed E-state index contributed by atoms with van der Waals surface area (Å²) in [6.07, 6.45) is 5.15. The molecule has 1 aliphatic carbocycles. The molecule has 0 spiro atoms. The van der Waals surface area contributed by atoms with Gasteiger partial charge in [0.2, 0.25) is 10.0 Å². The monoisotopic (exact) mass is 626 g/mol. The number of amidine groups is 1. The molecule has 1 aliphatic heterocycles. The zero-order valence-electron chi connectivity index (χ0n) is 24.4. The van der Waals surface area contributed by atoms with E-state index in [1.807, 2.05) is 6.92 Å². The third-order valence-corrected chi connectivity index (χ3v) is 9.49. The Labute approximate surface area is 250 Å². The number of carbonyl (C=O) groups is 2. The van der Waals surface area contributed by atoms with Gasteiger partial charge in [-0.1, -0.05) is 45.0 Å². The molecule has 228 valence electrons. The Morgan fingerprint density at radius 2 is 1.84 bits per heavy atom. The van der Waals surface area contributed by atoms with Crippen molar-refractivity contribution < 1.29 is 26.4 Å². The SMILES string of the molecule is CC(NC1(CCC(C)(C)C)C(=O)C(C2=NS(=O)(=O)c3cc(NS(C)(=O)=O)ccc3N2)C(=O)c2ccccc21)c1ncc[nH]1. The van der Waals surface area contributed by atoms with Gasteiger partial charge in [-0.15, -0.1) is 4.40 Å². The molecule has 3 unspecified atom stereocenters. The molecule has 2 heterocycles. The molecule has 0 bridgehead atoms. The first-order valence-electron chi connectivity index (χ1n) is 13.7. The third kappa shape index (κ3) is 5.99. The highest BCUT2D eigenvalue weighted by molar-refractivity contribution is 7.92. The summed E-state index contributed by atoms with van der Waals surface area (Å²) in [5.74, 6) is -2.37. The lowest BCUT2D eigenvalue weighted by molar-refractivity contribution is -0.128. The first-order chi connectivity index (χ1) is 20.0. The number of carbonyl (C=O) groups excluding carboxylic acids is 2. The van der Waals surface area contributed by atoms with Crippen molar-refractivity contribution >= 4 is 48.8 Å². The molecule has 3 aromatic rings. The van der Waals surface area contributed by atoms with E-state index >= 15 is 0 Å². The summed E-state index contributed by atoms with van der Waals surface area (Å²) in [5, 5.41) is 6.38. The van der Waals surface area contributed by atoms with E-state index in [2.05, 4.69) is 50.5 Å². The van der Waals surface area contributed by atoms with Gasteiger partial charge >= 0.3 is 0 Å². The molecule has 0 saturated carbocycles. The lowest BCUT2D eigenvalue weighted by Crippen LogP contribution is -2.60. The second-order valence-electron chi connectivity index (χ2n) is 12.2. The highest BCUT2D eigenvalue weighted by Crippen LogP contribution is 2.44. The minimum Gasteiger partial charge on any atom is -0.347 e. The number of nitrogens with zero attached hydrogens (tertiary/aromatic N) is 2. The number of nitrogens with one attached hydrogen (secondary N) is 4. The predicted octanol–water partition coefficient (Wildman–Crippen LogP) is 3.75. The van der Waals surface area contributed by atoms with E-state index in [-0.39, 0.29) is 27.5 Å². The quantitative estimate of drug-likeness (QED) is 0.271. The van der Waals surface area contributed by atoms with Crippen molar-refractivity contribution in [2.24, 2.45) is 15.7 Å². The van der Waals surface area contributed by atoms with Crippen LogP contribution in [0.15, 0.2) is 64.2 Å². The smallest absolute Gasteiger partial charge is 0.286 e. The van der Waals surface area contributed by atoms with Gasteiger partial charge in [-0.05, 0) is 48.9 Å². The number of fused-ring (bicyclic) bond motifs is 2. The van der Waals surface area contributed by atoms with Crippen LogP contribution in [0.2, 0.25) is 0 Å². The molecule has 5 rings (SSSR count). The molecule has 3 atom stereocenters. The number of H-pyrrole nitrogens is 1. The van der Waals surface area contributed by atoms with Crippen molar-refractivity contribution in [3.63, 3.8) is 0 Å². The number of benzene rings is 2. The molecule has 14 heteroatoms. The molecular formula is C29H34N6O6S2. The van der Waals surface area contributed by atoms with E-state index in [9.17, 15) is 26.4 Å². The van der Waals surface area contributed by atoms with Crippen LogP contribution in [-0.4, -0.2) is 50.5 Å². The van der Waals surface area contributed by atoms with E-state index < -0.39 is 49.1 Å². The summed E-state index contributed by atoms with van der Waals surface area (Å²) in [4.78, 5) is 35.9. The Balaban J connectivity index is 1.64. The number of Topliss-reactive ketones (excluding diaryl/α,β-unsaturated/α-hetero) is 2. The fourth-order valence-electron chi connectivity index (χ4n) is 5.55. The van der Waals surface area contributed by atoms with Gasteiger partial charge in [-0.3, -0.25) is 19.6 Å². The van der Waals surface area contributed by atoms with Gasteiger partial charge in [0.05, 0.1) is 18.0 Å². The molecule has 2 aromatic carbocycles. The zero-order valence-corrected chi connectivity index (χ0v) is 26.1. The van der Waals surface area contributed by atoms with Crippen LogP contribution < -0.4 is 15.4 Å². The minimum atomic E-state index is -4.42. The summed E-state index contributed by atoms with van der Waals surface area (Å²) in [7, 11) is -8.09. The third-order valence-electron chi connectivity index (χ3n) is 7.56. The summed E-state index contributed by atoms with van der Waals surface area (Å²) in [6.45, 7) is 8.03. The van der Waals surface area contributed by atoms with Crippen LogP contribution in [0.3, 0.4) is 0 Å². The highest BCUT2D eigenvalue weighted by atomic mass is 32.2. The average molecular weight is 627 g/mol. The fraction of sp³-hybridized carbons (Fsp3) is 0.379. The second-order valence-corrected chi connectivity index (χ2v) is 15.5. The number of sulfonamides is 2. The van der Waals surface area contributed by atoms with Crippen molar-refractivity contribution in [3.8, 4) is 0 Å². The number of ketones is 2. The molecule has 1 aromatic heterocycles. The molecule has 0 saturated heterocycles. The van der Waals surface area contributed by atoms with Gasteiger partial charge in [0, 0.05) is 23.6 Å². The summed E-state index contributed by atoms with van der Waals surface area (Å²) in [5.41, 5.74) is -0.649. The summed E-state index contributed by atoms with van der Waals surface area (Å²) < 4.78 is 56.3. The molecule has 4 N–H and O–H groups in total. The number of aromatic nitrogens is 2. The van der Waals surface area contributed by atoms with Gasteiger partial charge in [0.15, 0.2) is 11.6 Å². The van der Waals surface area contributed by atoms with Gasteiger partial charge in [0.1, 0.15) is 28.0 Å². The number of aromatic amines is 1. The first-order valence-corrected chi connectivity index (χ1v) is 17.0. The van der Waals surface area contributed by atoms with Gasteiger partial charge in [-0.2, -0.15) is 8.42 Å². The molecule has 0 amide bonds. The van der Waals surface area contributed by atoms with Crippen LogP contribution in [0.5, 0.6) is 0 Å². The van der Waals surface area contributed by atoms with Crippen molar-refractivity contribution in [1.29, 1.82) is 0 Å². The largest absolute Gasteiger partial charge is 0.347 e. The van der Waals surface area contributed by atoms with Crippen molar-refractivity contribution in [2.45, 2.75) is 57.0 Å². The van der Waals surface area contributed by atoms with Crippen LogP contribution in [-0.2, 0) is 30.4 Å². The van der Waals surface area contributed by atoms with Crippen LogP contribution in [0.25, 0.3) is 0 Å². The number of anilines is 2. The molecule has 43 heavy (non-hydrogen) atoms. The van der Waals surface area contributed by atoms with E-state index in [0.717, 1.165) is 12.3 Å². The zero-order chi connectivity index (χ0) is 31.4. The van der Waals surface area contributed by atoms with Crippen LogP contribution in [0, 0.1) is 11.3 Å². The average Bonchev–Trinajstić information content (AvgIpc) is 3.45. The summed E-state index contributed by atoms with van der Waals surface area (Å²) >= 11 is 0. The Bertz CT molecular complexity index is 1850. The first kappa shape index (κ1) is 30.6. The van der Waals surface area contributed by atoms with Crippen molar-refractivity contribution in [3.05, 3.63) is 71.8 Å². The van der Waals surface area contributed by atoms with Crippen LogP contribution in [0.1, 0.15) is 68.3 Å². The Kier molecular flexibility index (Phi) is 7.60. The Morgan fingerprint density at radius 3 is 2.49 bits per heavy atom.